The van der Waals surface area contributed by atoms with E-state index in [1.807, 2.05) is 0 Å². The first-order valence-corrected chi connectivity index (χ1v) is 7.66. The molecule has 0 aromatic rings. The van der Waals surface area contributed by atoms with Gasteiger partial charge in [-0.1, -0.05) is 47.5 Å². The van der Waals surface area contributed by atoms with Crippen LogP contribution in [0.15, 0.2) is 0 Å². The third-order valence-electron chi connectivity index (χ3n) is 4.02. The number of carbonyl (C=O) groups excluding carboxylic acids is 1. The molecular formula is C16H32O3. The smallest absolute Gasteiger partial charge is 0.308 e. The number of esters is 1. The van der Waals surface area contributed by atoms with Crippen LogP contribution in [0.5, 0.6) is 0 Å². The molecule has 0 aliphatic carbocycles. The van der Waals surface area contributed by atoms with Crippen molar-refractivity contribution in [2.75, 3.05) is 13.7 Å². The molecule has 114 valence electrons. The molecule has 0 saturated carbocycles. The summed E-state index contributed by atoms with van der Waals surface area (Å²) in [6.07, 6.45) is 3.42. The Kier molecular flexibility index (Phi) is 9.94. The molecule has 3 nitrogen and oxygen atoms in total. The van der Waals surface area contributed by atoms with Crippen molar-refractivity contribution in [1.82, 2.24) is 0 Å². The number of hydrogen-bond donors (Lipinski definition) is 0. The highest BCUT2D eigenvalue weighted by molar-refractivity contribution is 5.70. The van der Waals surface area contributed by atoms with Gasteiger partial charge in [0.25, 0.3) is 0 Å². The monoisotopic (exact) mass is 272 g/mol. The summed E-state index contributed by atoms with van der Waals surface area (Å²) in [5.41, 5.74) is 0. The van der Waals surface area contributed by atoms with Gasteiger partial charge in [-0.25, -0.2) is 0 Å². The fourth-order valence-electron chi connectivity index (χ4n) is 2.76. The lowest BCUT2D eigenvalue weighted by atomic mass is 9.79. The minimum Gasteiger partial charge on any atom is -0.466 e. The van der Waals surface area contributed by atoms with E-state index in [0.717, 1.165) is 19.3 Å². The van der Waals surface area contributed by atoms with Gasteiger partial charge in [-0.05, 0) is 24.2 Å². The van der Waals surface area contributed by atoms with Gasteiger partial charge in [0.05, 0.1) is 19.1 Å². The Morgan fingerprint density at radius 2 is 1.79 bits per heavy atom. The quantitative estimate of drug-likeness (QED) is 0.444. The third kappa shape index (κ3) is 6.95. The molecule has 3 heteroatoms. The molecule has 0 radical (unpaired) electrons. The molecule has 0 aliphatic heterocycles. The summed E-state index contributed by atoms with van der Waals surface area (Å²) in [6.45, 7) is 11.5. The molecule has 0 aromatic heterocycles. The van der Waals surface area contributed by atoms with Crippen LogP contribution in [0, 0.1) is 17.8 Å². The summed E-state index contributed by atoms with van der Waals surface area (Å²) in [4.78, 5) is 11.8. The first-order chi connectivity index (χ1) is 8.97. The highest BCUT2D eigenvalue weighted by Crippen LogP contribution is 2.29. The van der Waals surface area contributed by atoms with Gasteiger partial charge in [0.1, 0.15) is 0 Å². The number of ether oxygens (including phenoxy) is 2. The van der Waals surface area contributed by atoms with Crippen molar-refractivity contribution in [2.45, 2.75) is 66.4 Å². The van der Waals surface area contributed by atoms with Gasteiger partial charge in [-0.15, -0.1) is 0 Å². The van der Waals surface area contributed by atoms with Crippen molar-refractivity contribution in [3.8, 4) is 0 Å². The van der Waals surface area contributed by atoms with Gasteiger partial charge in [0.15, 0.2) is 0 Å². The molecule has 3 unspecified atom stereocenters. The molecule has 3 atom stereocenters. The summed E-state index contributed by atoms with van der Waals surface area (Å²) in [5, 5.41) is 0. The minimum atomic E-state index is -0.134. The van der Waals surface area contributed by atoms with Crippen LogP contribution in [0.4, 0.5) is 0 Å². The molecule has 0 amide bonds. The lowest BCUT2D eigenvalue weighted by Gasteiger charge is -2.31. The molecule has 0 bridgehead atoms. The molecule has 0 spiro atoms. The lowest BCUT2D eigenvalue weighted by Crippen LogP contribution is -2.32. The van der Waals surface area contributed by atoms with Crippen LogP contribution >= 0.6 is 0 Å². The standard InChI is InChI=1S/C16H32O3/c1-7-9-10-19-16(17)11-15(18-6)13(5)14(8-2)12(3)4/h12-15H,7-11H2,1-6H3. The van der Waals surface area contributed by atoms with Crippen molar-refractivity contribution >= 4 is 5.97 Å². The van der Waals surface area contributed by atoms with Gasteiger partial charge >= 0.3 is 5.97 Å². The van der Waals surface area contributed by atoms with E-state index < -0.39 is 0 Å². The first-order valence-electron chi connectivity index (χ1n) is 7.66. The third-order valence-corrected chi connectivity index (χ3v) is 4.02. The lowest BCUT2D eigenvalue weighted by molar-refractivity contribution is -0.148. The highest BCUT2D eigenvalue weighted by atomic mass is 16.5. The second-order valence-corrected chi connectivity index (χ2v) is 5.73. The Bertz CT molecular complexity index is 238. The molecule has 0 fully saturated rings. The number of rotatable bonds is 10. The summed E-state index contributed by atoms with van der Waals surface area (Å²) >= 11 is 0. The second kappa shape index (κ2) is 10.2. The summed E-state index contributed by atoms with van der Waals surface area (Å²) in [6, 6.07) is 0. The van der Waals surface area contributed by atoms with Gasteiger partial charge in [0.2, 0.25) is 0 Å². The summed E-state index contributed by atoms with van der Waals surface area (Å²) in [5.74, 6) is 1.42. The van der Waals surface area contributed by atoms with Crippen molar-refractivity contribution in [2.24, 2.45) is 17.8 Å². The van der Waals surface area contributed by atoms with E-state index in [-0.39, 0.29) is 12.1 Å². The molecule has 0 aliphatic rings. The fraction of sp³-hybridized carbons (Fsp3) is 0.938. The zero-order chi connectivity index (χ0) is 14.8. The van der Waals surface area contributed by atoms with Gasteiger partial charge in [-0.3, -0.25) is 4.79 Å². The topological polar surface area (TPSA) is 35.5 Å². The van der Waals surface area contributed by atoms with Crippen LogP contribution in [0.25, 0.3) is 0 Å². The maximum Gasteiger partial charge on any atom is 0.308 e. The van der Waals surface area contributed by atoms with Crippen molar-refractivity contribution < 1.29 is 14.3 Å². The van der Waals surface area contributed by atoms with Crippen molar-refractivity contribution in [3.05, 3.63) is 0 Å². The highest BCUT2D eigenvalue weighted by Gasteiger charge is 2.28. The molecule has 0 heterocycles. The fourth-order valence-corrected chi connectivity index (χ4v) is 2.76. The normalized spacial score (nSPS) is 16.2. The average molecular weight is 272 g/mol. The number of unbranched alkanes of at least 4 members (excludes halogenated alkanes) is 1. The Morgan fingerprint density at radius 3 is 2.21 bits per heavy atom. The molecule has 19 heavy (non-hydrogen) atoms. The van der Waals surface area contributed by atoms with Gasteiger partial charge in [-0.2, -0.15) is 0 Å². The zero-order valence-electron chi connectivity index (χ0n) is 13.6. The average Bonchev–Trinajstić information content (AvgIpc) is 2.36. The molecule has 0 aromatic carbocycles. The van der Waals surface area contributed by atoms with Crippen LogP contribution in [0.1, 0.15) is 60.3 Å². The van der Waals surface area contributed by atoms with E-state index in [1.165, 1.54) is 0 Å². The number of hydrogen-bond acceptors (Lipinski definition) is 3. The van der Waals surface area contributed by atoms with E-state index in [2.05, 4.69) is 34.6 Å². The van der Waals surface area contributed by atoms with Crippen LogP contribution < -0.4 is 0 Å². The van der Waals surface area contributed by atoms with E-state index >= 15 is 0 Å². The van der Waals surface area contributed by atoms with Crippen LogP contribution in [-0.4, -0.2) is 25.8 Å². The number of carbonyl (C=O) groups is 1. The van der Waals surface area contributed by atoms with Crippen LogP contribution in [0.3, 0.4) is 0 Å². The maximum atomic E-state index is 11.8. The Balaban J connectivity index is 4.35. The van der Waals surface area contributed by atoms with E-state index in [1.54, 1.807) is 7.11 Å². The largest absolute Gasteiger partial charge is 0.466 e. The zero-order valence-corrected chi connectivity index (χ0v) is 13.6. The SMILES string of the molecule is CCCCOC(=O)CC(OC)C(C)C(CC)C(C)C. The van der Waals surface area contributed by atoms with Gasteiger partial charge < -0.3 is 9.47 Å². The Hall–Kier alpha value is -0.570. The maximum absolute atomic E-state index is 11.8. The van der Waals surface area contributed by atoms with E-state index in [4.69, 9.17) is 9.47 Å². The number of methoxy groups -OCH3 is 1. The molecular weight excluding hydrogens is 240 g/mol. The minimum absolute atomic E-state index is 0.0403. The first kappa shape index (κ1) is 18.4. The summed E-state index contributed by atoms with van der Waals surface area (Å²) in [7, 11) is 1.69. The molecule has 0 saturated heterocycles. The second-order valence-electron chi connectivity index (χ2n) is 5.73. The van der Waals surface area contributed by atoms with Crippen molar-refractivity contribution in [1.29, 1.82) is 0 Å². The van der Waals surface area contributed by atoms with E-state index in [0.29, 0.717) is 30.8 Å². The predicted molar refractivity (Wildman–Crippen MR) is 79.1 cm³/mol. The van der Waals surface area contributed by atoms with E-state index in [9.17, 15) is 4.79 Å². The van der Waals surface area contributed by atoms with Crippen molar-refractivity contribution in [3.63, 3.8) is 0 Å². The molecule has 0 N–H and O–H groups in total. The van der Waals surface area contributed by atoms with Gasteiger partial charge in [0, 0.05) is 7.11 Å². The summed E-state index contributed by atoms with van der Waals surface area (Å²) < 4.78 is 10.7. The Labute approximate surface area is 119 Å². The molecule has 0 rings (SSSR count). The van der Waals surface area contributed by atoms with Crippen LogP contribution in [0.2, 0.25) is 0 Å². The predicted octanol–water partition coefficient (Wildman–Crippen LogP) is 4.05. The Morgan fingerprint density at radius 1 is 1.16 bits per heavy atom. The van der Waals surface area contributed by atoms with Crippen LogP contribution in [-0.2, 0) is 14.3 Å².